The van der Waals surface area contributed by atoms with E-state index in [1.165, 1.54) is 22.0 Å². The van der Waals surface area contributed by atoms with Gasteiger partial charge < -0.3 is 15.6 Å². The van der Waals surface area contributed by atoms with Gasteiger partial charge in [0.2, 0.25) is 0 Å². The van der Waals surface area contributed by atoms with E-state index in [0.29, 0.717) is 18.0 Å². The van der Waals surface area contributed by atoms with Gasteiger partial charge in [-0.15, -0.1) is 0 Å². The second-order valence-electron chi connectivity index (χ2n) is 7.84. The summed E-state index contributed by atoms with van der Waals surface area (Å²) in [7, 11) is 1.85. The van der Waals surface area contributed by atoms with Crippen LogP contribution in [0.15, 0.2) is 29.4 Å². The van der Waals surface area contributed by atoms with Crippen LogP contribution in [0.3, 0.4) is 0 Å². The van der Waals surface area contributed by atoms with Crippen molar-refractivity contribution in [3.63, 3.8) is 0 Å². The predicted molar refractivity (Wildman–Crippen MR) is 111 cm³/mol. The number of guanidine groups is 1. The van der Waals surface area contributed by atoms with Crippen molar-refractivity contribution in [3.05, 3.63) is 35.5 Å². The number of likely N-dealkylation sites (tertiary alicyclic amines) is 1. The maximum atomic E-state index is 4.42. The molecule has 2 atom stereocenters. The van der Waals surface area contributed by atoms with Crippen molar-refractivity contribution in [2.45, 2.75) is 46.2 Å². The van der Waals surface area contributed by atoms with E-state index in [4.69, 9.17) is 0 Å². The van der Waals surface area contributed by atoms with E-state index in [1.54, 1.807) is 0 Å². The third-order valence-electron chi connectivity index (χ3n) is 5.61. The topological polar surface area (TPSA) is 55.5 Å². The Bertz CT molecular complexity index is 761. The molecule has 142 valence electrons. The van der Waals surface area contributed by atoms with E-state index in [9.17, 15) is 0 Å². The summed E-state index contributed by atoms with van der Waals surface area (Å²) >= 11 is 0. The monoisotopic (exact) mass is 355 g/mol. The molecule has 26 heavy (non-hydrogen) atoms. The highest BCUT2D eigenvalue weighted by molar-refractivity contribution is 5.86. The number of nitrogens with one attached hydrogen (secondary N) is 3. The van der Waals surface area contributed by atoms with Crippen molar-refractivity contribution in [1.29, 1.82) is 0 Å². The fraction of sp³-hybridized carbons (Fsp3) is 0.571. The Morgan fingerprint density at radius 1 is 1.35 bits per heavy atom. The minimum Gasteiger partial charge on any atom is -0.361 e. The average molecular weight is 356 g/mol. The largest absolute Gasteiger partial charge is 0.361 e. The van der Waals surface area contributed by atoms with Gasteiger partial charge in [-0.3, -0.25) is 9.89 Å². The summed E-state index contributed by atoms with van der Waals surface area (Å²) in [6.45, 7) is 12.1. The van der Waals surface area contributed by atoms with E-state index >= 15 is 0 Å². The lowest BCUT2D eigenvalue weighted by Gasteiger charge is -2.22. The molecule has 0 bridgehead atoms. The van der Waals surface area contributed by atoms with Crippen molar-refractivity contribution in [3.8, 4) is 0 Å². The Kier molecular flexibility index (Phi) is 5.87. The molecule has 0 saturated carbocycles. The van der Waals surface area contributed by atoms with E-state index in [1.807, 2.05) is 7.05 Å². The fourth-order valence-corrected chi connectivity index (χ4v) is 3.87. The number of aromatic amines is 1. The van der Waals surface area contributed by atoms with Gasteiger partial charge in [-0.1, -0.05) is 25.1 Å². The molecule has 3 N–H and O–H groups in total. The van der Waals surface area contributed by atoms with Crippen molar-refractivity contribution in [1.82, 2.24) is 20.5 Å². The lowest BCUT2D eigenvalue weighted by molar-refractivity contribution is 0.265. The third kappa shape index (κ3) is 4.04. The minimum atomic E-state index is 0.458. The second kappa shape index (κ2) is 8.12. The smallest absolute Gasteiger partial charge is 0.191 e. The number of nitrogens with zero attached hydrogens (tertiary/aromatic N) is 2. The van der Waals surface area contributed by atoms with Crippen LogP contribution in [0.2, 0.25) is 0 Å². The molecule has 1 saturated heterocycles. The lowest BCUT2D eigenvalue weighted by atomic mass is 10.1. The van der Waals surface area contributed by atoms with Crippen LogP contribution in [0.25, 0.3) is 10.9 Å². The van der Waals surface area contributed by atoms with E-state index in [2.05, 4.69) is 77.6 Å². The van der Waals surface area contributed by atoms with Crippen LogP contribution < -0.4 is 10.6 Å². The molecule has 1 aliphatic heterocycles. The molecule has 2 heterocycles. The molecule has 3 rings (SSSR count). The van der Waals surface area contributed by atoms with Gasteiger partial charge in [0.05, 0.1) is 0 Å². The molecule has 0 amide bonds. The van der Waals surface area contributed by atoms with Crippen molar-refractivity contribution >= 4 is 16.9 Å². The highest BCUT2D eigenvalue weighted by Gasteiger charge is 2.31. The van der Waals surface area contributed by atoms with Crippen LogP contribution in [0.4, 0.5) is 0 Å². The van der Waals surface area contributed by atoms with Crippen LogP contribution in [-0.4, -0.2) is 54.6 Å². The lowest BCUT2D eigenvalue weighted by Crippen LogP contribution is -2.47. The van der Waals surface area contributed by atoms with Crippen molar-refractivity contribution in [2.75, 3.05) is 26.7 Å². The summed E-state index contributed by atoms with van der Waals surface area (Å²) in [5, 5.41) is 8.43. The van der Waals surface area contributed by atoms with E-state index < -0.39 is 0 Å². The first-order chi connectivity index (χ1) is 12.5. The van der Waals surface area contributed by atoms with E-state index in [-0.39, 0.29) is 0 Å². The Balaban J connectivity index is 1.54. The molecule has 0 radical (unpaired) electrons. The van der Waals surface area contributed by atoms with Crippen LogP contribution in [0.1, 0.15) is 31.9 Å². The molecular formula is C21H33N5. The van der Waals surface area contributed by atoms with Crippen LogP contribution >= 0.6 is 0 Å². The summed E-state index contributed by atoms with van der Waals surface area (Å²) in [5.74, 6) is 1.54. The first-order valence-corrected chi connectivity index (χ1v) is 9.76. The zero-order valence-corrected chi connectivity index (χ0v) is 16.8. The average Bonchev–Trinajstić information content (AvgIpc) is 3.19. The SMILES string of the molecule is CN=C(NCCc1c[nH]c2c(C)cccc12)NC1CN(C(C)C)CC1C. The molecule has 5 heteroatoms. The van der Waals surface area contributed by atoms with Crippen LogP contribution in [-0.2, 0) is 6.42 Å². The maximum absolute atomic E-state index is 4.42. The highest BCUT2D eigenvalue weighted by Crippen LogP contribution is 2.21. The number of aryl methyl sites for hydroxylation is 1. The molecule has 1 aliphatic rings. The standard InChI is InChI=1S/C21H33N5/c1-14(2)26-12-16(4)19(13-26)25-21(22-5)23-10-9-17-11-24-20-15(3)7-6-8-18(17)20/h6-8,11,14,16,19,24H,9-10,12-13H2,1-5H3,(H2,22,23,25). The number of fused-ring (bicyclic) bond motifs is 1. The van der Waals surface area contributed by atoms with Gasteiger partial charge in [-0.2, -0.15) is 0 Å². The zero-order valence-electron chi connectivity index (χ0n) is 16.8. The maximum Gasteiger partial charge on any atom is 0.191 e. The number of rotatable bonds is 5. The number of hydrogen-bond donors (Lipinski definition) is 3. The molecule has 1 aromatic carbocycles. The Morgan fingerprint density at radius 3 is 2.85 bits per heavy atom. The fourth-order valence-electron chi connectivity index (χ4n) is 3.87. The third-order valence-corrected chi connectivity index (χ3v) is 5.61. The summed E-state index contributed by atoms with van der Waals surface area (Å²) in [6, 6.07) is 7.53. The zero-order chi connectivity index (χ0) is 18.7. The summed E-state index contributed by atoms with van der Waals surface area (Å²) in [6.07, 6.45) is 3.11. The van der Waals surface area contributed by atoms with Crippen molar-refractivity contribution < 1.29 is 0 Å². The van der Waals surface area contributed by atoms with Gasteiger partial charge in [0.15, 0.2) is 5.96 Å². The Hall–Kier alpha value is -2.01. The number of benzene rings is 1. The first-order valence-electron chi connectivity index (χ1n) is 9.76. The van der Waals surface area contributed by atoms with E-state index in [0.717, 1.165) is 32.0 Å². The molecule has 2 aromatic rings. The number of aliphatic imine (C=N–C) groups is 1. The molecular weight excluding hydrogens is 322 g/mol. The van der Waals surface area contributed by atoms with Gasteiger partial charge in [-0.25, -0.2) is 0 Å². The van der Waals surface area contributed by atoms with Gasteiger partial charge in [0.25, 0.3) is 0 Å². The summed E-state index contributed by atoms with van der Waals surface area (Å²) < 4.78 is 0. The Labute approximate surface area is 157 Å². The molecule has 2 unspecified atom stereocenters. The Morgan fingerprint density at radius 2 is 2.15 bits per heavy atom. The number of hydrogen-bond acceptors (Lipinski definition) is 2. The van der Waals surface area contributed by atoms with Crippen molar-refractivity contribution in [2.24, 2.45) is 10.9 Å². The molecule has 1 fully saturated rings. The van der Waals surface area contributed by atoms with Gasteiger partial charge in [0, 0.05) is 55.9 Å². The first kappa shape index (κ1) is 18.8. The van der Waals surface area contributed by atoms with Gasteiger partial charge in [0.1, 0.15) is 0 Å². The summed E-state index contributed by atoms with van der Waals surface area (Å²) in [5.41, 5.74) is 3.90. The van der Waals surface area contributed by atoms with Gasteiger partial charge >= 0.3 is 0 Å². The summed E-state index contributed by atoms with van der Waals surface area (Å²) in [4.78, 5) is 10.4. The predicted octanol–water partition coefficient (Wildman–Crippen LogP) is 2.91. The second-order valence-corrected chi connectivity index (χ2v) is 7.84. The normalized spacial score (nSPS) is 21.7. The van der Waals surface area contributed by atoms with Crippen LogP contribution in [0, 0.1) is 12.8 Å². The number of H-pyrrole nitrogens is 1. The molecule has 0 aliphatic carbocycles. The molecule has 0 spiro atoms. The molecule has 5 nitrogen and oxygen atoms in total. The van der Waals surface area contributed by atoms with Crippen LogP contribution in [0.5, 0.6) is 0 Å². The number of aromatic nitrogens is 1. The minimum absolute atomic E-state index is 0.458. The molecule has 1 aromatic heterocycles. The van der Waals surface area contributed by atoms with Gasteiger partial charge in [-0.05, 0) is 44.2 Å². The highest BCUT2D eigenvalue weighted by atomic mass is 15.3. The number of para-hydroxylation sites is 1. The quantitative estimate of drug-likeness (QED) is 0.571.